The summed E-state index contributed by atoms with van der Waals surface area (Å²) in [6.45, 7) is 9.67. The van der Waals surface area contributed by atoms with Crippen molar-refractivity contribution in [2.24, 2.45) is 5.92 Å². The monoisotopic (exact) mass is 172 g/mol. The summed E-state index contributed by atoms with van der Waals surface area (Å²) in [6, 6.07) is 0. The van der Waals surface area contributed by atoms with Crippen molar-refractivity contribution in [2.75, 3.05) is 6.61 Å². The molecule has 1 nitrogen and oxygen atoms in total. The summed E-state index contributed by atoms with van der Waals surface area (Å²) in [4.78, 5) is 0. The van der Waals surface area contributed by atoms with Gasteiger partial charge in [0.25, 0.3) is 0 Å². The van der Waals surface area contributed by atoms with Crippen LogP contribution >= 0.6 is 0 Å². The van der Waals surface area contributed by atoms with E-state index in [9.17, 15) is 0 Å². The van der Waals surface area contributed by atoms with Crippen molar-refractivity contribution in [3.8, 4) is 0 Å². The third kappa shape index (κ3) is 6.66. The summed E-state index contributed by atoms with van der Waals surface area (Å²) in [5.74, 6) is 0.883. The van der Waals surface area contributed by atoms with Crippen LogP contribution in [0.5, 0.6) is 0 Å². The Balaban J connectivity index is 3.31. The van der Waals surface area contributed by atoms with Gasteiger partial charge in [0.15, 0.2) is 0 Å². The standard InChI is InChI=1S/C11H24O/c1-5-7-11(6-2)8-9-12-10(3)4/h10-11H,5-9H2,1-4H3. The second kappa shape index (κ2) is 7.60. The normalized spacial score (nSPS) is 13.8. The minimum absolute atomic E-state index is 0.393. The van der Waals surface area contributed by atoms with Gasteiger partial charge >= 0.3 is 0 Å². The van der Waals surface area contributed by atoms with Gasteiger partial charge in [-0.2, -0.15) is 0 Å². The van der Waals surface area contributed by atoms with Crippen molar-refractivity contribution in [3.05, 3.63) is 0 Å². The van der Waals surface area contributed by atoms with Gasteiger partial charge in [0.2, 0.25) is 0 Å². The van der Waals surface area contributed by atoms with E-state index in [-0.39, 0.29) is 0 Å². The van der Waals surface area contributed by atoms with Crippen LogP contribution in [-0.4, -0.2) is 12.7 Å². The first-order valence-corrected chi connectivity index (χ1v) is 5.32. The van der Waals surface area contributed by atoms with Crippen LogP contribution in [0.2, 0.25) is 0 Å². The average molecular weight is 172 g/mol. The molecule has 0 spiro atoms. The first kappa shape index (κ1) is 12.0. The number of hydrogen-bond donors (Lipinski definition) is 0. The van der Waals surface area contributed by atoms with Crippen LogP contribution < -0.4 is 0 Å². The highest BCUT2D eigenvalue weighted by Gasteiger charge is 2.04. The second-order valence-electron chi connectivity index (χ2n) is 3.77. The lowest BCUT2D eigenvalue weighted by molar-refractivity contribution is 0.0672. The number of hydrogen-bond acceptors (Lipinski definition) is 1. The molecule has 0 saturated carbocycles. The molecule has 74 valence electrons. The van der Waals surface area contributed by atoms with Gasteiger partial charge in [0.05, 0.1) is 6.10 Å². The third-order valence-electron chi connectivity index (χ3n) is 2.25. The van der Waals surface area contributed by atoms with E-state index in [0.29, 0.717) is 6.10 Å². The van der Waals surface area contributed by atoms with E-state index in [1.165, 1.54) is 25.7 Å². The Hall–Kier alpha value is -0.0400. The molecule has 0 aromatic heterocycles. The highest BCUT2D eigenvalue weighted by atomic mass is 16.5. The minimum Gasteiger partial charge on any atom is -0.379 e. The third-order valence-corrected chi connectivity index (χ3v) is 2.25. The summed E-state index contributed by atoms with van der Waals surface area (Å²) < 4.78 is 5.52. The highest BCUT2D eigenvalue weighted by molar-refractivity contribution is 4.56. The number of ether oxygens (including phenoxy) is 1. The summed E-state index contributed by atoms with van der Waals surface area (Å²) in [5, 5.41) is 0. The molecule has 0 aliphatic rings. The molecule has 0 aromatic rings. The molecule has 0 fully saturated rings. The molecule has 1 atom stereocenters. The van der Waals surface area contributed by atoms with E-state index in [4.69, 9.17) is 4.74 Å². The van der Waals surface area contributed by atoms with E-state index in [1.807, 2.05) is 0 Å². The van der Waals surface area contributed by atoms with Crippen molar-refractivity contribution >= 4 is 0 Å². The summed E-state index contributed by atoms with van der Waals surface area (Å²) >= 11 is 0. The molecule has 0 aliphatic carbocycles. The Bertz CT molecular complexity index is 89.0. The molecule has 12 heavy (non-hydrogen) atoms. The van der Waals surface area contributed by atoms with Crippen LogP contribution in [0.1, 0.15) is 53.4 Å². The molecule has 1 unspecified atom stereocenters. The maximum atomic E-state index is 5.52. The average Bonchev–Trinajstić information content (AvgIpc) is 2.02. The van der Waals surface area contributed by atoms with Crippen LogP contribution in [0.3, 0.4) is 0 Å². The first-order chi connectivity index (χ1) is 5.70. The predicted octanol–water partition coefficient (Wildman–Crippen LogP) is 3.63. The maximum absolute atomic E-state index is 5.52. The second-order valence-corrected chi connectivity index (χ2v) is 3.77. The van der Waals surface area contributed by atoms with E-state index >= 15 is 0 Å². The number of rotatable bonds is 7. The van der Waals surface area contributed by atoms with Gasteiger partial charge in [-0.15, -0.1) is 0 Å². The van der Waals surface area contributed by atoms with Crippen molar-refractivity contribution in [1.29, 1.82) is 0 Å². The van der Waals surface area contributed by atoms with Gasteiger partial charge in [0, 0.05) is 6.61 Å². The SMILES string of the molecule is CCCC(CC)CCOC(C)C. The van der Waals surface area contributed by atoms with Gasteiger partial charge in [-0.3, -0.25) is 0 Å². The van der Waals surface area contributed by atoms with Crippen molar-refractivity contribution in [3.63, 3.8) is 0 Å². The Labute approximate surface area is 77.5 Å². The van der Waals surface area contributed by atoms with Crippen LogP contribution in [0.4, 0.5) is 0 Å². The van der Waals surface area contributed by atoms with Crippen molar-refractivity contribution in [1.82, 2.24) is 0 Å². The van der Waals surface area contributed by atoms with E-state index in [1.54, 1.807) is 0 Å². The van der Waals surface area contributed by atoms with Gasteiger partial charge in [-0.25, -0.2) is 0 Å². The lowest BCUT2D eigenvalue weighted by atomic mass is 9.98. The molecule has 0 aromatic carbocycles. The van der Waals surface area contributed by atoms with Crippen molar-refractivity contribution < 1.29 is 4.74 Å². The van der Waals surface area contributed by atoms with E-state index in [2.05, 4.69) is 27.7 Å². The molecule has 0 saturated heterocycles. The molecular formula is C11H24O. The van der Waals surface area contributed by atoms with Crippen LogP contribution in [0.25, 0.3) is 0 Å². The van der Waals surface area contributed by atoms with Crippen molar-refractivity contribution in [2.45, 2.75) is 59.5 Å². The lowest BCUT2D eigenvalue weighted by Crippen LogP contribution is -2.08. The summed E-state index contributed by atoms with van der Waals surface area (Å²) in [6.07, 6.45) is 5.60. The van der Waals surface area contributed by atoms with Crippen LogP contribution in [-0.2, 0) is 4.74 Å². The van der Waals surface area contributed by atoms with Gasteiger partial charge in [0.1, 0.15) is 0 Å². The largest absolute Gasteiger partial charge is 0.379 e. The van der Waals surface area contributed by atoms with Gasteiger partial charge in [-0.05, 0) is 26.2 Å². The summed E-state index contributed by atoms with van der Waals surface area (Å²) in [5.41, 5.74) is 0. The predicted molar refractivity (Wildman–Crippen MR) is 54.4 cm³/mol. The lowest BCUT2D eigenvalue weighted by Gasteiger charge is -2.14. The van der Waals surface area contributed by atoms with E-state index < -0.39 is 0 Å². The zero-order valence-electron chi connectivity index (χ0n) is 9.10. The Morgan fingerprint density at radius 2 is 1.75 bits per heavy atom. The Morgan fingerprint density at radius 1 is 1.08 bits per heavy atom. The fraction of sp³-hybridized carbons (Fsp3) is 1.00. The van der Waals surface area contributed by atoms with Crippen LogP contribution in [0.15, 0.2) is 0 Å². The molecule has 0 radical (unpaired) electrons. The fourth-order valence-electron chi connectivity index (χ4n) is 1.43. The van der Waals surface area contributed by atoms with Gasteiger partial charge < -0.3 is 4.74 Å². The molecular weight excluding hydrogens is 148 g/mol. The van der Waals surface area contributed by atoms with E-state index in [0.717, 1.165) is 12.5 Å². The van der Waals surface area contributed by atoms with Crippen LogP contribution in [0, 0.1) is 5.92 Å². The highest BCUT2D eigenvalue weighted by Crippen LogP contribution is 2.15. The first-order valence-electron chi connectivity index (χ1n) is 5.32. The zero-order chi connectivity index (χ0) is 9.40. The molecule has 1 heteroatoms. The maximum Gasteiger partial charge on any atom is 0.0518 e. The molecule has 0 N–H and O–H groups in total. The molecule has 0 amide bonds. The summed E-state index contributed by atoms with van der Waals surface area (Å²) in [7, 11) is 0. The quantitative estimate of drug-likeness (QED) is 0.570. The van der Waals surface area contributed by atoms with Gasteiger partial charge in [-0.1, -0.05) is 33.1 Å². The molecule has 0 bridgehead atoms. The smallest absolute Gasteiger partial charge is 0.0518 e. The fourth-order valence-corrected chi connectivity index (χ4v) is 1.43. The Kier molecular flexibility index (Phi) is 7.58. The molecule has 0 heterocycles. The Morgan fingerprint density at radius 3 is 2.17 bits per heavy atom. The topological polar surface area (TPSA) is 9.23 Å². The minimum atomic E-state index is 0.393. The molecule has 0 rings (SSSR count). The zero-order valence-corrected chi connectivity index (χ0v) is 9.10. The molecule has 0 aliphatic heterocycles.